The standard InChI is InChI=1S/C9H10O5S/c10-7-1-3-8(4-2-7)15(13,14)6-5-9(11)12/h1-4,10H,5-6H2,(H,11,12). The molecule has 15 heavy (non-hydrogen) atoms. The van der Waals surface area contributed by atoms with Crippen molar-refractivity contribution >= 4 is 15.8 Å². The van der Waals surface area contributed by atoms with Gasteiger partial charge in [-0.3, -0.25) is 4.79 Å². The summed E-state index contributed by atoms with van der Waals surface area (Å²) in [7, 11) is -3.56. The van der Waals surface area contributed by atoms with Crippen molar-refractivity contribution in [3.05, 3.63) is 24.3 Å². The number of phenols is 1. The summed E-state index contributed by atoms with van der Waals surface area (Å²) in [5.41, 5.74) is 0. The molecule has 0 saturated carbocycles. The fraction of sp³-hybridized carbons (Fsp3) is 0.222. The number of phenolic OH excluding ortho intramolecular Hbond substituents is 1. The Kier molecular flexibility index (Phi) is 3.31. The van der Waals surface area contributed by atoms with Crippen LogP contribution in [-0.2, 0) is 14.6 Å². The monoisotopic (exact) mass is 230 g/mol. The Morgan fingerprint density at radius 3 is 2.20 bits per heavy atom. The third-order valence-corrected chi connectivity index (χ3v) is 3.51. The minimum Gasteiger partial charge on any atom is -0.508 e. The molecule has 0 heterocycles. The van der Waals surface area contributed by atoms with E-state index in [2.05, 4.69) is 0 Å². The number of hydrogen-bond donors (Lipinski definition) is 2. The topological polar surface area (TPSA) is 91.7 Å². The maximum Gasteiger partial charge on any atom is 0.304 e. The zero-order valence-corrected chi connectivity index (χ0v) is 8.57. The molecule has 0 aliphatic carbocycles. The van der Waals surface area contributed by atoms with Crippen molar-refractivity contribution in [2.24, 2.45) is 0 Å². The Morgan fingerprint density at radius 2 is 1.73 bits per heavy atom. The molecular weight excluding hydrogens is 220 g/mol. The van der Waals surface area contributed by atoms with Crippen molar-refractivity contribution in [1.82, 2.24) is 0 Å². The molecule has 5 nitrogen and oxygen atoms in total. The number of aliphatic carboxylic acids is 1. The van der Waals surface area contributed by atoms with Crippen molar-refractivity contribution in [2.45, 2.75) is 11.3 Å². The largest absolute Gasteiger partial charge is 0.508 e. The van der Waals surface area contributed by atoms with Gasteiger partial charge in [0, 0.05) is 0 Å². The van der Waals surface area contributed by atoms with E-state index < -0.39 is 28.0 Å². The Labute approximate surface area is 86.9 Å². The Bertz CT molecular complexity index is 446. The number of sulfone groups is 1. The molecular formula is C9H10O5S. The Balaban J connectivity index is 2.87. The highest BCUT2D eigenvalue weighted by Gasteiger charge is 2.15. The molecule has 0 aliphatic rings. The van der Waals surface area contributed by atoms with Crippen molar-refractivity contribution in [1.29, 1.82) is 0 Å². The van der Waals surface area contributed by atoms with Crippen LogP contribution in [0.3, 0.4) is 0 Å². The van der Waals surface area contributed by atoms with Crippen LogP contribution >= 0.6 is 0 Å². The smallest absolute Gasteiger partial charge is 0.304 e. The highest BCUT2D eigenvalue weighted by Crippen LogP contribution is 2.16. The zero-order valence-electron chi connectivity index (χ0n) is 7.75. The quantitative estimate of drug-likeness (QED) is 0.792. The van der Waals surface area contributed by atoms with E-state index >= 15 is 0 Å². The normalized spacial score (nSPS) is 11.2. The van der Waals surface area contributed by atoms with E-state index in [4.69, 9.17) is 10.2 Å². The summed E-state index contributed by atoms with van der Waals surface area (Å²) in [4.78, 5) is 10.2. The van der Waals surface area contributed by atoms with Gasteiger partial charge in [0.25, 0.3) is 0 Å². The Hall–Kier alpha value is -1.56. The number of benzene rings is 1. The SMILES string of the molecule is O=C(O)CCS(=O)(=O)c1ccc(O)cc1. The van der Waals surface area contributed by atoms with Crippen molar-refractivity contribution < 1.29 is 23.4 Å². The van der Waals surface area contributed by atoms with Gasteiger partial charge in [-0.1, -0.05) is 0 Å². The first-order valence-corrected chi connectivity index (χ1v) is 5.80. The van der Waals surface area contributed by atoms with E-state index in [0.29, 0.717) is 0 Å². The minimum absolute atomic E-state index is 0.0153. The van der Waals surface area contributed by atoms with E-state index in [-0.39, 0.29) is 10.6 Å². The fourth-order valence-corrected chi connectivity index (χ4v) is 2.22. The molecule has 0 spiro atoms. The number of rotatable bonds is 4. The molecule has 0 fully saturated rings. The average molecular weight is 230 g/mol. The first-order valence-electron chi connectivity index (χ1n) is 4.15. The van der Waals surface area contributed by atoms with Crippen molar-refractivity contribution in [3.8, 4) is 5.75 Å². The molecule has 0 bridgehead atoms. The highest BCUT2D eigenvalue weighted by molar-refractivity contribution is 7.91. The van der Waals surface area contributed by atoms with Gasteiger partial charge in [-0.15, -0.1) is 0 Å². The predicted octanol–water partition coefficient (Wildman–Crippen LogP) is 0.641. The lowest BCUT2D eigenvalue weighted by Crippen LogP contribution is -2.10. The number of carboxylic acids is 1. The van der Waals surface area contributed by atoms with Crippen LogP contribution in [0.2, 0.25) is 0 Å². The zero-order chi connectivity index (χ0) is 11.5. The summed E-state index contributed by atoms with van der Waals surface area (Å²) in [5.74, 6) is -1.63. The van der Waals surface area contributed by atoms with Crippen LogP contribution < -0.4 is 0 Å². The second kappa shape index (κ2) is 4.31. The molecule has 1 rings (SSSR count). The second-order valence-corrected chi connectivity index (χ2v) is 5.07. The minimum atomic E-state index is -3.56. The van der Waals surface area contributed by atoms with E-state index in [1.807, 2.05) is 0 Å². The summed E-state index contributed by atoms with van der Waals surface area (Å²) in [6.07, 6.45) is -0.427. The van der Waals surface area contributed by atoms with Gasteiger partial charge in [-0.05, 0) is 24.3 Å². The van der Waals surface area contributed by atoms with Gasteiger partial charge in [0.05, 0.1) is 17.1 Å². The van der Waals surface area contributed by atoms with Gasteiger partial charge in [0.15, 0.2) is 9.84 Å². The van der Waals surface area contributed by atoms with Gasteiger partial charge < -0.3 is 10.2 Å². The number of carbonyl (C=O) groups is 1. The molecule has 0 unspecified atom stereocenters. The molecule has 0 amide bonds. The third-order valence-electron chi connectivity index (χ3n) is 1.78. The maximum absolute atomic E-state index is 11.5. The average Bonchev–Trinajstić information content (AvgIpc) is 2.16. The molecule has 0 aromatic heterocycles. The summed E-state index contributed by atoms with van der Waals surface area (Å²) >= 11 is 0. The summed E-state index contributed by atoms with van der Waals surface area (Å²) < 4.78 is 23.0. The molecule has 2 N–H and O–H groups in total. The van der Waals surface area contributed by atoms with Gasteiger partial charge in [0.1, 0.15) is 5.75 Å². The lowest BCUT2D eigenvalue weighted by molar-refractivity contribution is -0.136. The van der Waals surface area contributed by atoms with Crippen LogP contribution in [0, 0.1) is 0 Å². The Morgan fingerprint density at radius 1 is 1.20 bits per heavy atom. The van der Waals surface area contributed by atoms with Crippen LogP contribution in [0.4, 0.5) is 0 Å². The molecule has 0 radical (unpaired) electrons. The summed E-state index contributed by atoms with van der Waals surface area (Å²) in [5, 5.41) is 17.3. The third kappa shape index (κ3) is 3.25. The lowest BCUT2D eigenvalue weighted by atomic mass is 10.3. The molecule has 82 valence electrons. The summed E-state index contributed by atoms with van der Waals surface area (Å²) in [6, 6.07) is 4.97. The van der Waals surface area contributed by atoms with Crippen LogP contribution in [0.1, 0.15) is 6.42 Å². The first kappa shape index (κ1) is 11.5. The van der Waals surface area contributed by atoms with Gasteiger partial charge in [0.2, 0.25) is 0 Å². The van der Waals surface area contributed by atoms with E-state index in [1.165, 1.54) is 24.3 Å². The van der Waals surface area contributed by atoms with Crippen LogP contribution in [0.25, 0.3) is 0 Å². The summed E-state index contributed by atoms with van der Waals surface area (Å²) in [6.45, 7) is 0. The van der Waals surface area contributed by atoms with Gasteiger partial charge in [-0.2, -0.15) is 0 Å². The first-order chi connectivity index (χ1) is 6.92. The van der Waals surface area contributed by atoms with Crippen molar-refractivity contribution in [2.75, 3.05) is 5.75 Å². The van der Waals surface area contributed by atoms with E-state index in [0.717, 1.165) is 0 Å². The highest BCUT2D eigenvalue weighted by atomic mass is 32.2. The van der Waals surface area contributed by atoms with Crippen LogP contribution in [-0.4, -0.2) is 30.4 Å². The maximum atomic E-state index is 11.5. The van der Waals surface area contributed by atoms with E-state index in [9.17, 15) is 13.2 Å². The molecule has 6 heteroatoms. The molecule has 1 aromatic rings. The predicted molar refractivity (Wildman–Crippen MR) is 52.4 cm³/mol. The molecule has 0 atom stereocenters. The molecule has 0 saturated heterocycles. The molecule has 1 aromatic carbocycles. The fourth-order valence-electron chi connectivity index (χ4n) is 0.993. The molecule has 0 aliphatic heterocycles. The number of aromatic hydroxyl groups is 1. The van der Waals surface area contributed by atoms with Gasteiger partial charge >= 0.3 is 5.97 Å². The number of hydrogen-bond acceptors (Lipinski definition) is 4. The van der Waals surface area contributed by atoms with E-state index in [1.54, 1.807) is 0 Å². The van der Waals surface area contributed by atoms with Crippen LogP contribution in [0.15, 0.2) is 29.2 Å². The van der Waals surface area contributed by atoms with Crippen molar-refractivity contribution in [3.63, 3.8) is 0 Å². The number of carboxylic acid groups (broad SMARTS) is 1. The second-order valence-electron chi connectivity index (χ2n) is 2.96. The lowest BCUT2D eigenvalue weighted by Gasteiger charge is -2.02. The van der Waals surface area contributed by atoms with Crippen LogP contribution in [0.5, 0.6) is 5.75 Å². The van der Waals surface area contributed by atoms with Gasteiger partial charge in [-0.25, -0.2) is 8.42 Å².